The van der Waals surface area contributed by atoms with Gasteiger partial charge in [0, 0.05) is 35.2 Å². The van der Waals surface area contributed by atoms with Crippen molar-refractivity contribution in [2.24, 2.45) is 0 Å². The fourth-order valence-corrected chi connectivity index (χ4v) is 4.83. The van der Waals surface area contributed by atoms with Crippen LogP contribution in [0, 0.1) is 0 Å². The minimum Gasteiger partial charge on any atom is -0.370 e. The molecule has 0 heterocycles. The summed E-state index contributed by atoms with van der Waals surface area (Å²) >= 11 is 0. The first kappa shape index (κ1) is 14.6. The molecule has 96 valence electrons. The maximum absolute atomic E-state index is 5.97. The van der Waals surface area contributed by atoms with E-state index in [1.54, 1.807) is 0 Å². The Morgan fingerprint density at radius 1 is 1.00 bits per heavy atom. The van der Waals surface area contributed by atoms with Crippen LogP contribution in [0.15, 0.2) is 30.3 Å². The molecule has 0 saturated carbocycles. The third-order valence-corrected chi connectivity index (χ3v) is 5.66. The van der Waals surface area contributed by atoms with Gasteiger partial charge in [-0.1, -0.05) is 30.3 Å². The average molecular weight is 270 g/mol. The lowest BCUT2D eigenvalue weighted by Crippen LogP contribution is -2.57. The quantitative estimate of drug-likeness (QED) is 0.651. The Kier molecular flexibility index (Phi) is 6.68. The van der Waals surface area contributed by atoms with Gasteiger partial charge < -0.3 is 13.3 Å². The molecule has 1 aromatic rings. The first-order valence-electron chi connectivity index (χ1n) is 6.26. The van der Waals surface area contributed by atoms with Gasteiger partial charge in [-0.2, -0.15) is 0 Å². The summed E-state index contributed by atoms with van der Waals surface area (Å²) < 4.78 is 17.7. The molecule has 0 aromatic heterocycles. The van der Waals surface area contributed by atoms with E-state index in [0.29, 0.717) is 13.2 Å². The monoisotopic (exact) mass is 270 g/mol. The number of hydrogen-bond donors (Lipinski definition) is 0. The zero-order valence-electron chi connectivity index (χ0n) is 10.9. The third kappa shape index (κ3) is 4.04. The van der Waals surface area contributed by atoms with Crippen molar-refractivity contribution >= 4 is 24.2 Å². The summed E-state index contributed by atoms with van der Waals surface area (Å²) in [6, 6.07) is 11.2. The Balaban J connectivity index is 2.95. The van der Waals surface area contributed by atoms with Crippen LogP contribution in [0.1, 0.15) is 13.8 Å². The van der Waals surface area contributed by atoms with E-state index in [-0.39, 0.29) is 0 Å². The van der Waals surface area contributed by atoms with E-state index >= 15 is 0 Å². The van der Waals surface area contributed by atoms with Crippen molar-refractivity contribution in [1.82, 2.24) is 0 Å². The van der Waals surface area contributed by atoms with Gasteiger partial charge in [0.25, 0.3) is 0 Å². The molecule has 17 heavy (non-hydrogen) atoms. The van der Waals surface area contributed by atoms with Gasteiger partial charge >= 0.3 is 8.80 Å². The molecular formula is C12H22O3Si2. The molecule has 0 aliphatic carbocycles. The molecule has 0 aliphatic heterocycles. The van der Waals surface area contributed by atoms with Crippen LogP contribution in [0.4, 0.5) is 0 Å². The van der Waals surface area contributed by atoms with Crippen molar-refractivity contribution in [2.45, 2.75) is 19.9 Å². The van der Waals surface area contributed by atoms with Crippen LogP contribution in [-0.2, 0) is 13.3 Å². The Bertz CT molecular complexity index is 300. The van der Waals surface area contributed by atoms with Gasteiger partial charge in [0.15, 0.2) is 0 Å². The van der Waals surface area contributed by atoms with Crippen LogP contribution in [0.5, 0.6) is 0 Å². The molecule has 0 amide bonds. The lowest BCUT2D eigenvalue weighted by molar-refractivity contribution is 0.0860. The van der Waals surface area contributed by atoms with Crippen LogP contribution in [0.2, 0.25) is 6.04 Å². The van der Waals surface area contributed by atoms with E-state index in [9.17, 15) is 0 Å². The molecule has 0 fully saturated rings. The summed E-state index contributed by atoms with van der Waals surface area (Å²) in [7, 11) is -1.53. The normalized spacial score (nSPS) is 11.9. The SMILES string of the molecule is CCO[Si](OCC)(OCC[SiH3])c1ccccc1. The van der Waals surface area contributed by atoms with E-state index in [2.05, 4.69) is 0 Å². The fourth-order valence-electron chi connectivity index (χ4n) is 1.63. The lowest BCUT2D eigenvalue weighted by Gasteiger charge is -2.28. The largest absolute Gasteiger partial charge is 0.537 e. The second kappa shape index (κ2) is 7.78. The number of benzene rings is 1. The second-order valence-electron chi connectivity index (χ2n) is 3.64. The van der Waals surface area contributed by atoms with Crippen molar-refractivity contribution < 1.29 is 13.3 Å². The minimum absolute atomic E-state index is 0.613. The molecule has 0 unspecified atom stereocenters. The molecule has 0 N–H and O–H groups in total. The van der Waals surface area contributed by atoms with E-state index in [0.717, 1.165) is 28.1 Å². The van der Waals surface area contributed by atoms with Gasteiger partial charge in [0.2, 0.25) is 0 Å². The van der Waals surface area contributed by atoms with E-state index < -0.39 is 8.80 Å². The highest BCUT2D eigenvalue weighted by Crippen LogP contribution is 2.11. The summed E-state index contributed by atoms with van der Waals surface area (Å²) in [5.41, 5.74) is 0. The lowest BCUT2D eigenvalue weighted by atomic mass is 10.4. The fraction of sp³-hybridized carbons (Fsp3) is 0.500. The highest BCUT2D eigenvalue weighted by atomic mass is 28.4. The maximum Gasteiger partial charge on any atom is 0.537 e. The zero-order chi connectivity index (χ0) is 12.6. The summed E-state index contributed by atoms with van der Waals surface area (Å²) in [6.07, 6.45) is 0. The highest BCUT2D eigenvalue weighted by molar-refractivity contribution is 6.75. The molecular weight excluding hydrogens is 248 g/mol. The summed E-state index contributed by atoms with van der Waals surface area (Å²) in [5.74, 6) is 0. The Labute approximate surface area is 108 Å². The van der Waals surface area contributed by atoms with Crippen LogP contribution in [0.25, 0.3) is 0 Å². The van der Waals surface area contributed by atoms with Crippen LogP contribution < -0.4 is 5.19 Å². The van der Waals surface area contributed by atoms with Crippen LogP contribution in [0.3, 0.4) is 0 Å². The van der Waals surface area contributed by atoms with E-state index in [1.165, 1.54) is 0 Å². The van der Waals surface area contributed by atoms with Crippen molar-refractivity contribution in [3.8, 4) is 0 Å². The van der Waals surface area contributed by atoms with E-state index in [4.69, 9.17) is 13.3 Å². The standard InChI is InChI=1S/C12H22O3Si2/c1-3-13-17(14-4-2,15-10-11-16)12-8-6-5-7-9-12/h5-9H,3-4,10-11H2,1-2,16H3. The first-order chi connectivity index (χ1) is 8.29. The predicted molar refractivity (Wildman–Crippen MR) is 75.8 cm³/mol. The molecule has 0 bridgehead atoms. The number of rotatable bonds is 8. The molecule has 1 aromatic carbocycles. The summed E-state index contributed by atoms with van der Waals surface area (Å²) in [6.45, 7) is 5.92. The maximum atomic E-state index is 5.97. The third-order valence-electron chi connectivity index (χ3n) is 2.29. The Morgan fingerprint density at radius 2 is 1.59 bits per heavy atom. The van der Waals surface area contributed by atoms with Gasteiger partial charge in [0.05, 0.1) is 0 Å². The average Bonchev–Trinajstić information content (AvgIpc) is 2.37. The van der Waals surface area contributed by atoms with Gasteiger partial charge in [-0.05, 0) is 19.9 Å². The van der Waals surface area contributed by atoms with Gasteiger partial charge in [-0.3, -0.25) is 0 Å². The highest BCUT2D eigenvalue weighted by Gasteiger charge is 2.43. The molecule has 0 aliphatic rings. The zero-order valence-corrected chi connectivity index (χ0v) is 13.9. The summed E-state index contributed by atoms with van der Waals surface area (Å²) in [4.78, 5) is 0. The molecule has 0 atom stereocenters. The smallest absolute Gasteiger partial charge is 0.370 e. The van der Waals surface area contributed by atoms with Crippen molar-refractivity contribution in [1.29, 1.82) is 0 Å². The molecule has 0 radical (unpaired) electrons. The second-order valence-corrected chi connectivity index (χ2v) is 7.19. The molecule has 0 saturated heterocycles. The van der Waals surface area contributed by atoms with Crippen molar-refractivity contribution in [3.05, 3.63) is 30.3 Å². The van der Waals surface area contributed by atoms with Gasteiger partial charge in [-0.15, -0.1) is 0 Å². The molecule has 5 heteroatoms. The minimum atomic E-state index is -2.67. The van der Waals surface area contributed by atoms with Crippen molar-refractivity contribution in [3.63, 3.8) is 0 Å². The summed E-state index contributed by atoms with van der Waals surface area (Å²) in [5, 5.41) is 1.05. The predicted octanol–water partition coefficient (Wildman–Crippen LogP) is 0.706. The first-order valence-corrected chi connectivity index (χ1v) is 9.40. The molecule has 0 spiro atoms. The Hall–Kier alpha value is -0.466. The van der Waals surface area contributed by atoms with Crippen LogP contribution >= 0.6 is 0 Å². The van der Waals surface area contributed by atoms with Crippen LogP contribution in [-0.4, -0.2) is 38.9 Å². The van der Waals surface area contributed by atoms with Gasteiger partial charge in [-0.25, -0.2) is 0 Å². The molecule has 3 nitrogen and oxygen atoms in total. The van der Waals surface area contributed by atoms with Gasteiger partial charge in [0.1, 0.15) is 0 Å². The van der Waals surface area contributed by atoms with Crippen molar-refractivity contribution in [2.75, 3.05) is 19.8 Å². The topological polar surface area (TPSA) is 27.7 Å². The molecule has 1 rings (SSSR count). The van der Waals surface area contributed by atoms with E-state index in [1.807, 2.05) is 44.2 Å². The number of hydrogen-bond acceptors (Lipinski definition) is 3. The Morgan fingerprint density at radius 3 is 2.06 bits per heavy atom.